The molecule has 3 aromatic heterocycles. The summed E-state index contributed by atoms with van der Waals surface area (Å²) in [5, 5.41) is 0. The smallest absolute Gasteiger partial charge is 0.133 e. The molecule has 1 atom stereocenters. The van der Waals surface area contributed by atoms with Crippen LogP contribution in [-0.4, -0.2) is 22.8 Å². The Morgan fingerprint density at radius 2 is 1.52 bits per heavy atom. The second kappa shape index (κ2) is 12.6. The molecule has 202 valence electrons. The Morgan fingerprint density at radius 1 is 0.850 bits per heavy atom. The first kappa shape index (κ1) is 27.8. The van der Waals surface area contributed by atoms with Gasteiger partial charge in [-0.15, -0.1) is 0 Å². The van der Waals surface area contributed by atoms with Crippen LogP contribution in [0.2, 0.25) is 0 Å². The lowest BCUT2D eigenvalue weighted by molar-refractivity contribution is 0.394. The Morgan fingerprint density at radius 3 is 2.20 bits per heavy atom. The van der Waals surface area contributed by atoms with Crippen molar-refractivity contribution in [1.29, 1.82) is 0 Å². The molecule has 0 spiro atoms. The fraction of sp³-hybridized carbons (Fsp3) is 0.324. The predicted octanol–water partition coefficient (Wildman–Crippen LogP) is 8.24. The minimum atomic E-state index is -0.782. The van der Waals surface area contributed by atoms with E-state index in [1.807, 2.05) is 47.5 Å². The first-order chi connectivity index (χ1) is 19.5. The highest BCUT2D eigenvalue weighted by Crippen LogP contribution is 2.38. The number of hydrogen-bond donors (Lipinski definition) is 0. The van der Waals surface area contributed by atoms with Gasteiger partial charge in [-0.2, -0.15) is 0 Å². The van der Waals surface area contributed by atoms with Crippen LogP contribution < -0.4 is 4.90 Å². The molecule has 4 aromatic rings. The number of benzene rings is 1. The van der Waals surface area contributed by atoms with Crippen molar-refractivity contribution in [2.45, 2.75) is 64.7 Å². The molecule has 5 rings (SSSR count). The van der Waals surface area contributed by atoms with E-state index < -0.39 is 5.94 Å². The topological polar surface area (TPSA) is 41.9 Å². The molecule has 0 saturated heterocycles. The molecule has 40 heavy (non-hydrogen) atoms. The first-order valence-corrected chi connectivity index (χ1v) is 14.4. The van der Waals surface area contributed by atoms with E-state index >= 15 is 4.39 Å². The van der Waals surface area contributed by atoms with E-state index in [0.29, 0.717) is 11.4 Å². The van der Waals surface area contributed by atoms with Crippen molar-refractivity contribution >= 4 is 13.7 Å². The molecule has 3 heterocycles. The molecule has 0 amide bonds. The second-order valence-corrected chi connectivity index (χ2v) is 10.6. The lowest BCUT2D eigenvalue weighted by atomic mass is 9.82. The highest BCUT2D eigenvalue weighted by molar-refractivity contribution is 6.14. The zero-order valence-electron chi connectivity index (χ0n) is 23.5. The fourth-order valence-electron chi connectivity index (χ4n) is 5.57. The molecule has 1 saturated carbocycles. The summed E-state index contributed by atoms with van der Waals surface area (Å²) in [6, 6.07) is 17.3. The van der Waals surface area contributed by atoms with Crippen LogP contribution in [0, 0.1) is 11.7 Å². The minimum absolute atomic E-state index is 0.281. The van der Waals surface area contributed by atoms with Crippen LogP contribution in [0.5, 0.6) is 0 Å². The summed E-state index contributed by atoms with van der Waals surface area (Å²) in [6.45, 7) is 8.66. The quantitative estimate of drug-likeness (QED) is 0.205. The molecule has 1 fully saturated rings. The van der Waals surface area contributed by atoms with Gasteiger partial charge in [0.25, 0.3) is 0 Å². The normalized spacial score (nSPS) is 14.6. The van der Waals surface area contributed by atoms with Crippen LogP contribution in [0.25, 0.3) is 22.3 Å². The summed E-state index contributed by atoms with van der Waals surface area (Å²) in [5.41, 5.74) is 7.04. The number of aryl methyl sites for hydroxylation is 2. The van der Waals surface area contributed by atoms with Crippen molar-refractivity contribution < 1.29 is 4.39 Å². The summed E-state index contributed by atoms with van der Waals surface area (Å²) >= 11 is 0. The number of rotatable bonds is 9. The average molecular weight is 531 g/mol. The summed E-state index contributed by atoms with van der Waals surface area (Å²) in [5.74, 6) is -0.194. The van der Waals surface area contributed by atoms with Gasteiger partial charge in [-0.3, -0.25) is 9.97 Å². The number of nitrogens with zero attached hydrogens (tertiary/aromatic N) is 4. The third kappa shape index (κ3) is 6.01. The number of halogens is 1. The molecule has 4 nitrogen and oxygen atoms in total. The lowest BCUT2D eigenvalue weighted by Crippen LogP contribution is -2.33. The van der Waals surface area contributed by atoms with E-state index in [9.17, 15) is 0 Å². The Kier molecular flexibility index (Phi) is 8.74. The van der Waals surface area contributed by atoms with Crippen LogP contribution in [0.15, 0.2) is 85.5 Å². The molecule has 1 aromatic carbocycles. The van der Waals surface area contributed by atoms with Gasteiger partial charge in [0.1, 0.15) is 19.5 Å². The van der Waals surface area contributed by atoms with Gasteiger partial charge >= 0.3 is 0 Å². The van der Waals surface area contributed by atoms with Gasteiger partial charge in [-0.05, 0) is 84.7 Å². The van der Waals surface area contributed by atoms with Crippen molar-refractivity contribution in [3.05, 3.63) is 108 Å². The van der Waals surface area contributed by atoms with Gasteiger partial charge in [0.05, 0.1) is 0 Å². The number of aromatic nitrogens is 3. The van der Waals surface area contributed by atoms with Crippen molar-refractivity contribution in [2.75, 3.05) is 4.90 Å². The molecule has 1 aliphatic rings. The third-order valence-electron chi connectivity index (χ3n) is 8.01. The molecule has 0 aliphatic heterocycles. The van der Waals surface area contributed by atoms with Crippen molar-refractivity contribution in [3.63, 3.8) is 0 Å². The van der Waals surface area contributed by atoms with Crippen LogP contribution >= 0.6 is 0 Å². The maximum Gasteiger partial charge on any atom is 0.133 e. The molecule has 2 radical (unpaired) electrons. The summed E-state index contributed by atoms with van der Waals surface area (Å²) < 4.78 is 15.8. The highest BCUT2D eigenvalue weighted by Gasteiger charge is 2.28. The van der Waals surface area contributed by atoms with E-state index in [0.717, 1.165) is 77.9 Å². The van der Waals surface area contributed by atoms with Crippen LogP contribution in [-0.2, 0) is 12.8 Å². The molecule has 6 heteroatoms. The lowest BCUT2D eigenvalue weighted by Gasteiger charge is -2.38. The Balaban J connectivity index is 1.52. The molecular formula is C34H36BFN4. The minimum Gasteiger partial charge on any atom is -0.332 e. The average Bonchev–Trinajstić information content (AvgIpc) is 3.01. The zero-order valence-corrected chi connectivity index (χ0v) is 23.5. The van der Waals surface area contributed by atoms with E-state index in [1.54, 1.807) is 24.5 Å². The Labute approximate surface area is 238 Å². The summed E-state index contributed by atoms with van der Waals surface area (Å²) in [6.07, 6.45) is 12.8. The SMILES string of the molecule is [B]C(c1ccc(-c2ccc(CC)nc2)cc1F)N(C(=C)C1CCCCC1)c1cc(-c2ccnc(CC)c2)ccn1. The van der Waals surface area contributed by atoms with E-state index in [2.05, 4.69) is 36.5 Å². The van der Waals surface area contributed by atoms with E-state index in [-0.39, 0.29) is 11.7 Å². The molecule has 0 bridgehead atoms. The maximum absolute atomic E-state index is 15.8. The van der Waals surface area contributed by atoms with Gasteiger partial charge in [0.2, 0.25) is 0 Å². The maximum atomic E-state index is 15.8. The highest BCUT2D eigenvalue weighted by atomic mass is 19.1. The molecule has 1 aliphatic carbocycles. The largest absolute Gasteiger partial charge is 0.332 e. The standard InChI is InChI=1S/C34H36BFN4/c1-4-29-13-11-28(22-39-29)25-12-14-31(32(36)20-25)34(35)40(23(3)24-9-7-6-8-10-24)33-21-27(16-18-38-33)26-15-17-37-30(5-2)19-26/h11-22,24,34H,3-10H2,1-2H3. The van der Waals surface area contributed by atoms with Crippen LogP contribution in [0.1, 0.15) is 68.8 Å². The summed E-state index contributed by atoms with van der Waals surface area (Å²) in [4.78, 5) is 15.6. The molecule has 0 N–H and O–H groups in total. The second-order valence-electron chi connectivity index (χ2n) is 10.6. The van der Waals surface area contributed by atoms with E-state index in [4.69, 9.17) is 12.8 Å². The molecular weight excluding hydrogens is 494 g/mol. The number of hydrogen-bond acceptors (Lipinski definition) is 4. The van der Waals surface area contributed by atoms with Crippen molar-refractivity contribution in [1.82, 2.24) is 15.0 Å². The number of pyridine rings is 3. The number of anilines is 1. The van der Waals surface area contributed by atoms with Gasteiger partial charge in [-0.1, -0.05) is 57.9 Å². The van der Waals surface area contributed by atoms with Gasteiger partial charge in [0.15, 0.2) is 0 Å². The van der Waals surface area contributed by atoms with Crippen LogP contribution in [0.4, 0.5) is 10.2 Å². The van der Waals surface area contributed by atoms with E-state index in [1.165, 1.54) is 6.42 Å². The Bertz CT molecular complexity index is 1460. The third-order valence-corrected chi connectivity index (χ3v) is 8.01. The summed E-state index contributed by atoms with van der Waals surface area (Å²) in [7, 11) is 6.90. The zero-order chi connectivity index (χ0) is 28.1. The van der Waals surface area contributed by atoms with Crippen molar-refractivity contribution in [2.24, 2.45) is 5.92 Å². The predicted molar refractivity (Wildman–Crippen MR) is 163 cm³/mol. The van der Waals surface area contributed by atoms with Crippen LogP contribution in [0.3, 0.4) is 0 Å². The van der Waals surface area contributed by atoms with Gasteiger partial charge in [0, 0.05) is 52.7 Å². The van der Waals surface area contributed by atoms with Gasteiger partial charge in [-0.25, -0.2) is 9.37 Å². The van der Waals surface area contributed by atoms with Crippen molar-refractivity contribution in [3.8, 4) is 22.3 Å². The van der Waals surface area contributed by atoms with Gasteiger partial charge < -0.3 is 4.90 Å². The molecule has 1 unspecified atom stereocenters. The Hall–Kier alpha value is -3.80. The fourth-order valence-corrected chi connectivity index (χ4v) is 5.57. The monoisotopic (exact) mass is 530 g/mol. The number of allylic oxidation sites excluding steroid dienone is 1. The first-order valence-electron chi connectivity index (χ1n) is 14.4.